The Labute approximate surface area is 115 Å². The summed E-state index contributed by atoms with van der Waals surface area (Å²) in [5.41, 5.74) is -0.162. The van der Waals surface area contributed by atoms with Crippen molar-refractivity contribution in [2.45, 2.75) is 24.0 Å². The number of hydrogen-bond acceptors (Lipinski definition) is 5. The molecule has 1 fully saturated rings. The van der Waals surface area contributed by atoms with Gasteiger partial charge in [-0.05, 0) is 12.1 Å². The summed E-state index contributed by atoms with van der Waals surface area (Å²) in [6.45, 7) is 3.18. The highest BCUT2D eigenvalue weighted by atomic mass is 16.6. The lowest BCUT2D eigenvalue weighted by atomic mass is 9.94. The minimum absolute atomic E-state index is 0.388. The maximum absolute atomic E-state index is 10.6. The molecule has 1 aromatic heterocycles. The minimum atomic E-state index is -1.68. The van der Waals surface area contributed by atoms with Crippen molar-refractivity contribution in [1.29, 1.82) is 0 Å². The molecule has 3 N–H and O–H groups in total. The zero-order valence-corrected chi connectivity index (χ0v) is 10.8. The quantitative estimate of drug-likeness (QED) is 0.697. The fraction of sp³-hybridized carbons (Fsp3) is 0.357. The fourth-order valence-corrected chi connectivity index (χ4v) is 2.61. The summed E-state index contributed by atoms with van der Waals surface area (Å²) in [6, 6.07) is 7.39. The number of aliphatic hydroxyl groups excluding tert-OH is 2. The van der Waals surface area contributed by atoms with Crippen molar-refractivity contribution < 1.29 is 20.1 Å². The molecule has 2 aromatic rings. The molecular formula is C14H16N2O4. The van der Waals surface area contributed by atoms with Crippen molar-refractivity contribution in [3.05, 3.63) is 43.2 Å². The zero-order valence-electron chi connectivity index (χ0n) is 10.8. The van der Waals surface area contributed by atoms with E-state index >= 15 is 0 Å². The van der Waals surface area contributed by atoms with Crippen molar-refractivity contribution >= 4 is 11.0 Å². The van der Waals surface area contributed by atoms with Gasteiger partial charge in [0.05, 0.1) is 24.0 Å². The van der Waals surface area contributed by atoms with Crippen molar-refractivity contribution in [3.63, 3.8) is 0 Å². The number of imidazole rings is 1. The standard InChI is InChI=1S/C14H16N2O4/c1-2-14(19)12(18)11(7-17)20-13(14)16-8-15-9-5-3-4-6-10(9)16/h2-6,8,11-13,17-19H,1,7H2/t11?,12?,13?,14-/m1/s1. The molecular weight excluding hydrogens is 260 g/mol. The number of benzene rings is 1. The Bertz CT molecular complexity index is 641. The predicted molar refractivity (Wildman–Crippen MR) is 71.9 cm³/mol. The number of ether oxygens (including phenoxy) is 1. The van der Waals surface area contributed by atoms with Crippen LogP contribution in [0.25, 0.3) is 11.0 Å². The summed E-state index contributed by atoms with van der Waals surface area (Å²) in [5.74, 6) is 0. The van der Waals surface area contributed by atoms with Crippen LogP contribution < -0.4 is 0 Å². The van der Waals surface area contributed by atoms with E-state index in [2.05, 4.69) is 11.6 Å². The summed E-state index contributed by atoms with van der Waals surface area (Å²) in [5, 5.41) is 30.0. The van der Waals surface area contributed by atoms with Gasteiger partial charge in [0.2, 0.25) is 0 Å². The molecule has 6 nitrogen and oxygen atoms in total. The van der Waals surface area contributed by atoms with Gasteiger partial charge in [-0.15, -0.1) is 0 Å². The second-order valence-electron chi connectivity index (χ2n) is 4.89. The van der Waals surface area contributed by atoms with E-state index in [1.165, 1.54) is 12.4 Å². The zero-order chi connectivity index (χ0) is 14.3. The van der Waals surface area contributed by atoms with Gasteiger partial charge in [-0.1, -0.05) is 24.8 Å². The molecule has 0 spiro atoms. The monoisotopic (exact) mass is 276 g/mol. The molecule has 0 aliphatic carbocycles. The smallest absolute Gasteiger partial charge is 0.171 e. The minimum Gasteiger partial charge on any atom is -0.394 e. The highest BCUT2D eigenvalue weighted by molar-refractivity contribution is 5.75. The number of aliphatic hydroxyl groups is 3. The Morgan fingerprint density at radius 1 is 1.45 bits per heavy atom. The first-order chi connectivity index (χ1) is 9.61. The average Bonchev–Trinajstić information content (AvgIpc) is 3.00. The molecule has 1 aliphatic rings. The Morgan fingerprint density at radius 3 is 2.90 bits per heavy atom. The molecule has 2 heterocycles. The second kappa shape index (κ2) is 4.68. The summed E-state index contributed by atoms with van der Waals surface area (Å²) >= 11 is 0. The van der Waals surface area contributed by atoms with Crippen LogP contribution in [0, 0.1) is 0 Å². The third-order valence-corrected chi connectivity index (χ3v) is 3.77. The van der Waals surface area contributed by atoms with E-state index in [1.807, 2.05) is 24.3 Å². The molecule has 0 radical (unpaired) electrons. The molecule has 6 heteroatoms. The van der Waals surface area contributed by atoms with Crippen LogP contribution in [0.4, 0.5) is 0 Å². The third-order valence-electron chi connectivity index (χ3n) is 3.77. The van der Waals surface area contributed by atoms with Crippen molar-refractivity contribution in [1.82, 2.24) is 9.55 Å². The van der Waals surface area contributed by atoms with Crippen molar-refractivity contribution in [3.8, 4) is 0 Å². The lowest BCUT2D eigenvalue weighted by Crippen LogP contribution is -2.45. The molecule has 1 aromatic carbocycles. The number of aromatic nitrogens is 2. The average molecular weight is 276 g/mol. The summed E-state index contributed by atoms with van der Waals surface area (Å²) in [7, 11) is 0. The molecule has 3 rings (SSSR count). The number of nitrogens with zero attached hydrogens (tertiary/aromatic N) is 2. The van der Waals surface area contributed by atoms with E-state index in [0.29, 0.717) is 0 Å². The molecule has 0 saturated carbocycles. The lowest BCUT2D eigenvalue weighted by molar-refractivity contribution is -0.0768. The maximum Gasteiger partial charge on any atom is 0.171 e. The largest absolute Gasteiger partial charge is 0.394 e. The fourth-order valence-electron chi connectivity index (χ4n) is 2.61. The third kappa shape index (κ3) is 1.70. The van der Waals surface area contributed by atoms with E-state index < -0.39 is 24.0 Å². The van der Waals surface area contributed by atoms with Gasteiger partial charge in [-0.2, -0.15) is 0 Å². The molecule has 1 aliphatic heterocycles. The Hall–Kier alpha value is -1.73. The van der Waals surface area contributed by atoms with Gasteiger partial charge >= 0.3 is 0 Å². The first kappa shape index (κ1) is 13.3. The van der Waals surface area contributed by atoms with Gasteiger partial charge in [0.25, 0.3) is 0 Å². The van der Waals surface area contributed by atoms with Crippen molar-refractivity contribution in [2.24, 2.45) is 0 Å². The highest BCUT2D eigenvalue weighted by Crippen LogP contribution is 2.40. The summed E-state index contributed by atoms with van der Waals surface area (Å²) in [4.78, 5) is 4.23. The first-order valence-corrected chi connectivity index (χ1v) is 6.33. The number of para-hydroxylation sites is 2. The second-order valence-corrected chi connectivity index (χ2v) is 4.89. The maximum atomic E-state index is 10.6. The van der Waals surface area contributed by atoms with Gasteiger partial charge in [0, 0.05) is 0 Å². The Balaban J connectivity index is 2.11. The van der Waals surface area contributed by atoms with E-state index in [9.17, 15) is 15.3 Å². The lowest BCUT2D eigenvalue weighted by Gasteiger charge is -2.28. The number of fused-ring (bicyclic) bond motifs is 1. The molecule has 4 atom stereocenters. The van der Waals surface area contributed by atoms with Crippen LogP contribution in [-0.4, -0.2) is 49.3 Å². The van der Waals surface area contributed by atoms with Crippen LogP contribution in [0.2, 0.25) is 0 Å². The van der Waals surface area contributed by atoms with Crippen LogP contribution in [0.1, 0.15) is 6.23 Å². The van der Waals surface area contributed by atoms with Gasteiger partial charge in [-0.3, -0.25) is 0 Å². The van der Waals surface area contributed by atoms with Gasteiger partial charge < -0.3 is 24.6 Å². The van der Waals surface area contributed by atoms with E-state index in [4.69, 9.17) is 4.74 Å². The van der Waals surface area contributed by atoms with E-state index in [-0.39, 0.29) is 6.61 Å². The summed E-state index contributed by atoms with van der Waals surface area (Å²) < 4.78 is 7.22. The van der Waals surface area contributed by atoms with Crippen molar-refractivity contribution in [2.75, 3.05) is 6.61 Å². The molecule has 0 bridgehead atoms. The summed E-state index contributed by atoms with van der Waals surface area (Å²) in [6.07, 6.45) is -0.233. The topological polar surface area (TPSA) is 87.7 Å². The SMILES string of the molecule is C=C[C@@]1(O)C(O)C(CO)OC1n1cnc2ccccc21. The molecule has 1 saturated heterocycles. The Morgan fingerprint density at radius 2 is 2.20 bits per heavy atom. The van der Waals surface area contributed by atoms with Gasteiger partial charge in [0.1, 0.15) is 12.2 Å². The number of hydrogen-bond donors (Lipinski definition) is 3. The van der Waals surface area contributed by atoms with Gasteiger partial charge in [-0.25, -0.2) is 4.98 Å². The first-order valence-electron chi connectivity index (χ1n) is 6.33. The molecule has 106 valence electrons. The normalized spacial score (nSPS) is 33.6. The van der Waals surface area contributed by atoms with E-state index in [1.54, 1.807) is 4.57 Å². The molecule has 0 amide bonds. The van der Waals surface area contributed by atoms with E-state index in [0.717, 1.165) is 11.0 Å². The van der Waals surface area contributed by atoms with Crippen LogP contribution in [0.15, 0.2) is 43.2 Å². The van der Waals surface area contributed by atoms with Crippen LogP contribution in [0.5, 0.6) is 0 Å². The highest BCUT2D eigenvalue weighted by Gasteiger charge is 2.54. The number of rotatable bonds is 3. The van der Waals surface area contributed by atoms with Crippen LogP contribution in [-0.2, 0) is 4.74 Å². The predicted octanol–water partition coefficient (Wildman–Crippen LogP) is 0.204. The molecule has 20 heavy (non-hydrogen) atoms. The van der Waals surface area contributed by atoms with Crippen LogP contribution >= 0.6 is 0 Å². The molecule has 3 unspecified atom stereocenters. The Kier molecular flexibility index (Phi) is 3.10. The van der Waals surface area contributed by atoms with Crippen LogP contribution in [0.3, 0.4) is 0 Å². The van der Waals surface area contributed by atoms with Gasteiger partial charge in [0.15, 0.2) is 11.8 Å².